The average Bonchev–Trinajstić information content (AvgIpc) is 2.23. The molecule has 16 heavy (non-hydrogen) atoms. The molecule has 0 saturated heterocycles. The molecule has 0 spiro atoms. The maximum Gasteiger partial charge on any atom is 0.314 e. The van der Waals surface area contributed by atoms with E-state index >= 15 is 0 Å². The number of amides is 2. The average molecular weight is 287 g/mol. The highest BCUT2D eigenvalue weighted by atomic mass is 79.9. The molecule has 1 aromatic carbocycles. The standard InChI is InChI=1S/C11H15BrN2O2/c1-3-16-9-4-5-10(12)8(6-9)7-14(2)11(13)15/h4-6H,3,7H2,1-2H3,(H2,13,15). The molecule has 0 radical (unpaired) electrons. The molecule has 5 heteroatoms. The monoisotopic (exact) mass is 286 g/mol. The van der Waals surface area contributed by atoms with Crippen LogP contribution in [0.15, 0.2) is 22.7 Å². The number of hydrogen-bond donors (Lipinski definition) is 1. The number of primary amides is 1. The molecule has 1 rings (SSSR count). The van der Waals surface area contributed by atoms with Crippen LogP contribution in [-0.2, 0) is 6.54 Å². The van der Waals surface area contributed by atoms with Crippen LogP contribution in [0.2, 0.25) is 0 Å². The van der Waals surface area contributed by atoms with Crippen LogP contribution >= 0.6 is 15.9 Å². The number of nitrogens with two attached hydrogens (primary N) is 1. The number of ether oxygens (including phenoxy) is 1. The summed E-state index contributed by atoms with van der Waals surface area (Å²) >= 11 is 3.42. The molecule has 2 N–H and O–H groups in total. The summed E-state index contributed by atoms with van der Waals surface area (Å²) in [6.45, 7) is 3.00. The lowest BCUT2D eigenvalue weighted by molar-refractivity contribution is 0.216. The van der Waals surface area contributed by atoms with E-state index < -0.39 is 6.03 Å². The second kappa shape index (κ2) is 5.75. The first-order valence-electron chi connectivity index (χ1n) is 4.96. The van der Waals surface area contributed by atoms with Crippen molar-refractivity contribution in [2.75, 3.05) is 13.7 Å². The van der Waals surface area contributed by atoms with Gasteiger partial charge in [0.25, 0.3) is 0 Å². The quantitative estimate of drug-likeness (QED) is 0.924. The predicted octanol–water partition coefficient (Wildman–Crippen LogP) is 2.36. The lowest BCUT2D eigenvalue weighted by Gasteiger charge is -2.16. The molecular weight excluding hydrogens is 272 g/mol. The third kappa shape index (κ3) is 3.41. The van der Waals surface area contributed by atoms with Gasteiger partial charge < -0.3 is 15.4 Å². The minimum absolute atomic E-state index is 0.450. The molecule has 0 atom stereocenters. The van der Waals surface area contributed by atoms with Gasteiger partial charge in [-0.2, -0.15) is 0 Å². The molecule has 0 aliphatic rings. The fourth-order valence-electron chi connectivity index (χ4n) is 1.26. The van der Waals surface area contributed by atoms with Gasteiger partial charge in [-0.3, -0.25) is 0 Å². The lowest BCUT2D eigenvalue weighted by Crippen LogP contribution is -2.31. The Morgan fingerprint density at radius 2 is 2.25 bits per heavy atom. The number of nitrogens with zero attached hydrogens (tertiary/aromatic N) is 1. The fourth-order valence-corrected chi connectivity index (χ4v) is 1.63. The van der Waals surface area contributed by atoms with Crippen molar-refractivity contribution in [2.45, 2.75) is 13.5 Å². The first-order chi connectivity index (χ1) is 7.54. The van der Waals surface area contributed by atoms with Crippen molar-refractivity contribution < 1.29 is 9.53 Å². The number of halogens is 1. The van der Waals surface area contributed by atoms with E-state index in [-0.39, 0.29) is 0 Å². The molecule has 0 aliphatic carbocycles. The zero-order valence-electron chi connectivity index (χ0n) is 9.37. The van der Waals surface area contributed by atoms with E-state index in [1.165, 1.54) is 4.90 Å². The van der Waals surface area contributed by atoms with Gasteiger partial charge in [-0.15, -0.1) is 0 Å². The molecule has 1 aromatic rings. The first kappa shape index (κ1) is 12.8. The Kier molecular flexibility index (Phi) is 4.61. The van der Waals surface area contributed by atoms with Gasteiger partial charge in [0.15, 0.2) is 0 Å². The summed E-state index contributed by atoms with van der Waals surface area (Å²) in [6, 6.07) is 5.22. The van der Waals surface area contributed by atoms with Crippen molar-refractivity contribution >= 4 is 22.0 Å². The third-order valence-electron chi connectivity index (χ3n) is 2.11. The normalized spacial score (nSPS) is 9.94. The van der Waals surface area contributed by atoms with Gasteiger partial charge in [0.05, 0.1) is 6.61 Å². The number of carbonyl (C=O) groups excluding carboxylic acids is 1. The number of benzene rings is 1. The minimum atomic E-state index is -0.450. The summed E-state index contributed by atoms with van der Waals surface area (Å²) in [6.07, 6.45) is 0. The molecule has 0 bridgehead atoms. The SMILES string of the molecule is CCOc1ccc(Br)c(CN(C)C(N)=O)c1. The Bertz CT molecular complexity index is 382. The van der Waals surface area contributed by atoms with E-state index in [0.29, 0.717) is 13.2 Å². The smallest absolute Gasteiger partial charge is 0.314 e. The van der Waals surface area contributed by atoms with E-state index in [2.05, 4.69) is 15.9 Å². The van der Waals surface area contributed by atoms with E-state index in [0.717, 1.165) is 15.8 Å². The van der Waals surface area contributed by atoms with Gasteiger partial charge in [0.1, 0.15) is 5.75 Å². The van der Waals surface area contributed by atoms with Crippen LogP contribution in [0.25, 0.3) is 0 Å². The maximum absolute atomic E-state index is 10.9. The third-order valence-corrected chi connectivity index (χ3v) is 2.89. The Morgan fingerprint density at radius 1 is 1.56 bits per heavy atom. The predicted molar refractivity (Wildman–Crippen MR) is 66.4 cm³/mol. The minimum Gasteiger partial charge on any atom is -0.494 e. The molecule has 4 nitrogen and oxygen atoms in total. The molecule has 0 saturated carbocycles. The molecule has 88 valence electrons. The number of hydrogen-bond acceptors (Lipinski definition) is 2. The van der Waals surface area contributed by atoms with Crippen LogP contribution in [0.3, 0.4) is 0 Å². The van der Waals surface area contributed by atoms with Crippen LogP contribution < -0.4 is 10.5 Å². The van der Waals surface area contributed by atoms with E-state index in [4.69, 9.17) is 10.5 Å². The largest absolute Gasteiger partial charge is 0.494 e. The van der Waals surface area contributed by atoms with Gasteiger partial charge in [-0.25, -0.2) is 4.79 Å². The van der Waals surface area contributed by atoms with Crippen molar-refractivity contribution in [1.29, 1.82) is 0 Å². The molecule has 2 amide bonds. The highest BCUT2D eigenvalue weighted by molar-refractivity contribution is 9.10. The number of urea groups is 1. The molecule has 0 aromatic heterocycles. The van der Waals surface area contributed by atoms with Crippen molar-refractivity contribution in [3.63, 3.8) is 0 Å². The Labute approximate surface area is 103 Å². The van der Waals surface area contributed by atoms with E-state index in [9.17, 15) is 4.79 Å². The Balaban J connectivity index is 2.85. The number of carbonyl (C=O) groups is 1. The Hall–Kier alpha value is -1.23. The van der Waals surface area contributed by atoms with E-state index in [1.807, 2.05) is 25.1 Å². The summed E-state index contributed by atoms with van der Waals surface area (Å²) < 4.78 is 6.32. The second-order valence-corrected chi connectivity index (χ2v) is 4.23. The van der Waals surface area contributed by atoms with Crippen LogP contribution in [0, 0.1) is 0 Å². The maximum atomic E-state index is 10.9. The summed E-state index contributed by atoms with van der Waals surface area (Å²) in [7, 11) is 1.65. The van der Waals surface area contributed by atoms with Crippen molar-refractivity contribution in [1.82, 2.24) is 4.90 Å². The molecule has 0 fully saturated rings. The first-order valence-corrected chi connectivity index (χ1v) is 5.75. The highest BCUT2D eigenvalue weighted by Gasteiger charge is 2.08. The van der Waals surface area contributed by atoms with Gasteiger partial charge in [-0.1, -0.05) is 15.9 Å². The lowest BCUT2D eigenvalue weighted by atomic mass is 10.2. The van der Waals surface area contributed by atoms with E-state index in [1.54, 1.807) is 7.05 Å². The van der Waals surface area contributed by atoms with Gasteiger partial charge in [0.2, 0.25) is 0 Å². The highest BCUT2D eigenvalue weighted by Crippen LogP contribution is 2.23. The molecule has 0 aliphatic heterocycles. The van der Waals surface area contributed by atoms with Crippen LogP contribution in [-0.4, -0.2) is 24.6 Å². The van der Waals surface area contributed by atoms with Crippen LogP contribution in [0.1, 0.15) is 12.5 Å². The van der Waals surface area contributed by atoms with Gasteiger partial charge in [0, 0.05) is 18.1 Å². The summed E-state index contributed by atoms with van der Waals surface area (Å²) in [5.74, 6) is 0.790. The van der Waals surface area contributed by atoms with Crippen LogP contribution in [0.4, 0.5) is 4.79 Å². The fraction of sp³-hybridized carbons (Fsp3) is 0.364. The second-order valence-electron chi connectivity index (χ2n) is 3.38. The molecule has 0 heterocycles. The number of rotatable bonds is 4. The molecule has 0 unspecified atom stereocenters. The van der Waals surface area contributed by atoms with Crippen LogP contribution in [0.5, 0.6) is 5.75 Å². The molecular formula is C11H15BrN2O2. The van der Waals surface area contributed by atoms with Crippen molar-refractivity contribution in [2.24, 2.45) is 5.73 Å². The summed E-state index contributed by atoms with van der Waals surface area (Å²) in [5, 5.41) is 0. The zero-order valence-corrected chi connectivity index (χ0v) is 11.0. The summed E-state index contributed by atoms with van der Waals surface area (Å²) in [4.78, 5) is 12.4. The van der Waals surface area contributed by atoms with Crippen molar-refractivity contribution in [3.8, 4) is 5.75 Å². The zero-order chi connectivity index (χ0) is 12.1. The topological polar surface area (TPSA) is 55.6 Å². The Morgan fingerprint density at radius 3 is 2.81 bits per heavy atom. The van der Waals surface area contributed by atoms with Crippen molar-refractivity contribution in [3.05, 3.63) is 28.2 Å². The van der Waals surface area contributed by atoms with Gasteiger partial charge >= 0.3 is 6.03 Å². The summed E-state index contributed by atoms with van der Waals surface area (Å²) in [5.41, 5.74) is 6.14. The van der Waals surface area contributed by atoms with Gasteiger partial charge in [-0.05, 0) is 30.7 Å².